The van der Waals surface area contributed by atoms with E-state index in [-0.39, 0.29) is 30.9 Å². The molecule has 2 aromatic rings. The van der Waals surface area contributed by atoms with Gasteiger partial charge >= 0.3 is 6.03 Å². The second kappa shape index (κ2) is 9.97. The predicted molar refractivity (Wildman–Crippen MR) is 133 cm³/mol. The van der Waals surface area contributed by atoms with Crippen molar-refractivity contribution in [3.63, 3.8) is 0 Å². The summed E-state index contributed by atoms with van der Waals surface area (Å²) in [5.74, 6) is -0.763. The van der Waals surface area contributed by atoms with Gasteiger partial charge in [-0.1, -0.05) is 48.5 Å². The van der Waals surface area contributed by atoms with E-state index in [9.17, 15) is 18.8 Å². The maximum Gasteiger partial charge on any atom is 0.322 e. The van der Waals surface area contributed by atoms with Crippen molar-refractivity contribution in [3.8, 4) is 0 Å². The highest BCUT2D eigenvalue weighted by Gasteiger charge is 2.47. The molecule has 1 N–H and O–H groups in total. The molecule has 4 amide bonds. The Morgan fingerprint density at radius 1 is 1.08 bits per heavy atom. The quantitative estimate of drug-likeness (QED) is 0.607. The van der Waals surface area contributed by atoms with Crippen molar-refractivity contribution in [1.82, 2.24) is 20.0 Å². The molecule has 5 rings (SSSR count). The first-order valence-corrected chi connectivity index (χ1v) is 12.3. The molecule has 0 saturated carbocycles. The molecule has 2 aromatic carbocycles. The van der Waals surface area contributed by atoms with Gasteiger partial charge in [0.05, 0.1) is 23.9 Å². The third kappa shape index (κ3) is 4.39. The van der Waals surface area contributed by atoms with Gasteiger partial charge in [0.1, 0.15) is 11.9 Å². The van der Waals surface area contributed by atoms with Crippen molar-refractivity contribution in [1.29, 1.82) is 0 Å². The van der Waals surface area contributed by atoms with E-state index in [2.05, 4.69) is 11.9 Å². The first kappa shape index (κ1) is 23.8. The summed E-state index contributed by atoms with van der Waals surface area (Å²) in [6.45, 7) is 5.49. The molecule has 0 aromatic heterocycles. The summed E-state index contributed by atoms with van der Waals surface area (Å²) in [4.78, 5) is 45.7. The average molecular weight is 489 g/mol. The molecule has 36 heavy (non-hydrogen) atoms. The number of amides is 4. The Bertz CT molecular complexity index is 1210. The summed E-state index contributed by atoms with van der Waals surface area (Å²) in [5, 5.41) is 2.90. The lowest BCUT2D eigenvalue weighted by Gasteiger charge is -2.33. The molecule has 0 spiro atoms. The molecule has 1 fully saturated rings. The number of carbonyl (C=O) groups excluding carboxylic acids is 3. The zero-order chi connectivity index (χ0) is 25.2. The predicted octanol–water partition coefficient (Wildman–Crippen LogP) is 3.41. The number of halogens is 1. The molecular weight excluding hydrogens is 459 g/mol. The van der Waals surface area contributed by atoms with Crippen molar-refractivity contribution >= 4 is 17.8 Å². The molecule has 8 heteroatoms. The zero-order valence-electron chi connectivity index (χ0n) is 20.0. The number of carbonyl (C=O) groups is 3. The van der Waals surface area contributed by atoms with E-state index in [1.165, 1.54) is 17.0 Å². The minimum atomic E-state index is -0.731. The van der Waals surface area contributed by atoms with E-state index in [1.54, 1.807) is 23.1 Å². The summed E-state index contributed by atoms with van der Waals surface area (Å²) in [5.41, 5.74) is 2.54. The Labute approximate surface area is 209 Å². The fourth-order valence-electron chi connectivity index (χ4n) is 5.31. The van der Waals surface area contributed by atoms with E-state index in [1.807, 2.05) is 35.2 Å². The fraction of sp³-hybridized carbons (Fsp3) is 0.321. The topological polar surface area (TPSA) is 73.0 Å². The number of nitrogens with zero attached hydrogens (tertiary/aromatic N) is 3. The lowest BCUT2D eigenvalue weighted by Crippen LogP contribution is -2.50. The molecule has 3 aliphatic rings. The lowest BCUT2D eigenvalue weighted by molar-refractivity contribution is -0.142. The van der Waals surface area contributed by atoms with Crippen LogP contribution in [0, 0.1) is 5.82 Å². The second-order valence-corrected chi connectivity index (χ2v) is 9.36. The number of benzene rings is 2. The van der Waals surface area contributed by atoms with Gasteiger partial charge in [-0.2, -0.15) is 0 Å². The van der Waals surface area contributed by atoms with Gasteiger partial charge in [-0.05, 0) is 36.1 Å². The number of likely N-dealkylation sites (tertiary alicyclic amines) is 1. The number of nitrogens with one attached hydrogen (secondary N) is 1. The van der Waals surface area contributed by atoms with E-state index >= 15 is 0 Å². The zero-order valence-corrected chi connectivity index (χ0v) is 20.0. The van der Waals surface area contributed by atoms with Gasteiger partial charge in [-0.15, -0.1) is 6.58 Å². The Hall–Kier alpha value is -3.94. The van der Waals surface area contributed by atoms with Gasteiger partial charge < -0.3 is 15.1 Å². The van der Waals surface area contributed by atoms with Crippen LogP contribution in [0.15, 0.2) is 78.5 Å². The van der Waals surface area contributed by atoms with Crippen LogP contribution in [0.5, 0.6) is 0 Å². The molecular formula is C28H29FN4O3. The molecule has 0 bridgehead atoms. The maximum absolute atomic E-state index is 14.0. The highest BCUT2D eigenvalue weighted by Crippen LogP contribution is 2.37. The smallest absolute Gasteiger partial charge is 0.322 e. The molecule has 186 valence electrons. The van der Waals surface area contributed by atoms with Crippen molar-refractivity contribution in [3.05, 3.63) is 95.5 Å². The molecule has 2 atom stereocenters. The van der Waals surface area contributed by atoms with Crippen LogP contribution in [0.25, 0.3) is 0 Å². The second-order valence-electron chi connectivity index (χ2n) is 9.36. The lowest BCUT2D eigenvalue weighted by atomic mass is 9.95. The molecule has 3 aliphatic heterocycles. The van der Waals surface area contributed by atoms with E-state index < -0.39 is 17.9 Å². The van der Waals surface area contributed by atoms with Crippen LogP contribution in [0.2, 0.25) is 0 Å². The van der Waals surface area contributed by atoms with Crippen LogP contribution in [0.4, 0.5) is 9.18 Å². The maximum atomic E-state index is 14.0. The molecule has 2 unspecified atom stereocenters. The molecule has 7 nitrogen and oxygen atoms in total. The van der Waals surface area contributed by atoms with Crippen LogP contribution in [-0.2, 0) is 16.0 Å². The summed E-state index contributed by atoms with van der Waals surface area (Å²) in [6.07, 6.45) is 3.88. The largest absolute Gasteiger partial charge is 0.341 e. The average Bonchev–Trinajstić information content (AvgIpc) is 3.54. The van der Waals surface area contributed by atoms with Crippen molar-refractivity contribution < 1.29 is 18.8 Å². The molecule has 1 saturated heterocycles. The fourth-order valence-corrected chi connectivity index (χ4v) is 5.31. The van der Waals surface area contributed by atoms with Crippen LogP contribution in [0.3, 0.4) is 0 Å². The SMILES string of the molecule is C=CCN1C(=O)NC(c2ccc(F)cc2)C2=C1CN(C(Cc1ccccc1)C(=O)N1CCCC1)C2=O. The van der Waals surface area contributed by atoms with Crippen molar-refractivity contribution in [2.75, 3.05) is 26.2 Å². The van der Waals surface area contributed by atoms with Gasteiger partial charge in [0.15, 0.2) is 0 Å². The molecule has 0 radical (unpaired) electrons. The Morgan fingerprint density at radius 2 is 1.78 bits per heavy atom. The van der Waals surface area contributed by atoms with Gasteiger partial charge in [0.2, 0.25) is 5.91 Å². The van der Waals surface area contributed by atoms with E-state index in [0.717, 1.165) is 18.4 Å². The first-order chi connectivity index (χ1) is 17.5. The van der Waals surface area contributed by atoms with Gasteiger partial charge in [-0.25, -0.2) is 9.18 Å². The number of urea groups is 1. The number of hydrogen-bond acceptors (Lipinski definition) is 3. The minimum Gasteiger partial charge on any atom is -0.341 e. The van der Waals surface area contributed by atoms with E-state index in [0.29, 0.717) is 36.3 Å². The summed E-state index contributed by atoms with van der Waals surface area (Å²) < 4.78 is 13.6. The Kier molecular flexibility index (Phi) is 6.59. The summed E-state index contributed by atoms with van der Waals surface area (Å²) >= 11 is 0. The first-order valence-electron chi connectivity index (χ1n) is 12.3. The van der Waals surface area contributed by atoms with Crippen molar-refractivity contribution in [2.24, 2.45) is 0 Å². The Balaban J connectivity index is 1.53. The summed E-state index contributed by atoms with van der Waals surface area (Å²) in [6, 6.07) is 13.6. The monoisotopic (exact) mass is 488 g/mol. The van der Waals surface area contributed by atoms with Gasteiger partial charge in [-0.3, -0.25) is 14.5 Å². The molecule has 0 aliphatic carbocycles. The standard InChI is InChI=1S/C28H29FN4O3/c1-2-14-32-23-18-33(22(17-19-8-4-3-5-9-19)26(34)31-15-6-7-16-31)27(35)24(23)25(30-28(32)36)20-10-12-21(29)13-11-20/h2-5,8-13,22,25H,1,6-7,14-18H2,(H,30,36). The highest BCUT2D eigenvalue weighted by molar-refractivity contribution is 6.03. The normalized spacial score (nSPS) is 20.5. The Morgan fingerprint density at radius 3 is 2.44 bits per heavy atom. The van der Waals surface area contributed by atoms with Crippen LogP contribution < -0.4 is 5.32 Å². The number of rotatable bonds is 7. The third-order valence-corrected chi connectivity index (χ3v) is 7.12. The van der Waals surface area contributed by atoms with E-state index in [4.69, 9.17) is 0 Å². The molecule has 3 heterocycles. The van der Waals surface area contributed by atoms with Gasteiger partial charge in [0.25, 0.3) is 5.91 Å². The number of hydrogen-bond donors (Lipinski definition) is 1. The minimum absolute atomic E-state index is 0.0718. The van der Waals surface area contributed by atoms with Crippen molar-refractivity contribution in [2.45, 2.75) is 31.3 Å². The van der Waals surface area contributed by atoms with Crippen LogP contribution in [0.1, 0.15) is 30.0 Å². The van der Waals surface area contributed by atoms with Crippen LogP contribution >= 0.6 is 0 Å². The third-order valence-electron chi connectivity index (χ3n) is 7.12. The van der Waals surface area contributed by atoms with Gasteiger partial charge in [0, 0.05) is 26.1 Å². The van der Waals surface area contributed by atoms with Crippen LogP contribution in [-0.4, -0.2) is 64.8 Å². The highest BCUT2D eigenvalue weighted by atomic mass is 19.1. The summed E-state index contributed by atoms with van der Waals surface area (Å²) in [7, 11) is 0.